The van der Waals surface area contributed by atoms with Crippen molar-refractivity contribution in [3.63, 3.8) is 0 Å². The molecule has 1 radical (unpaired) electrons. The summed E-state index contributed by atoms with van der Waals surface area (Å²) in [7, 11) is 10.9. The van der Waals surface area contributed by atoms with Crippen molar-refractivity contribution in [3.8, 4) is 0 Å². The van der Waals surface area contributed by atoms with Crippen LogP contribution < -0.4 is 0 Å². The molecule has 24 heavy (non-hydrogen) atoms. The summed E-state index contributed by atoms with van der Waals surface area (Å²) in [6.45, 7) is 13.8. The SMILES string of the molecule is CN1CCN(C)CCN(C)CC1.CN1CC[N-]CCN(C)CC1.[Y]. The van der Waals surface area contributed by atoms with Crippen LogP contribution in [0, 0.1) is 0 Å². The molecule has 0 aromatic rings. The van der Waals surface area contributed by atoms with Crippen LogP contribution >= 0.6 is 0 Å². The first-order valence-corrected chi connectivity index (χ1v) is 9.03. The Balaban J connectivity index is 0.000000425. The van der Waals surface area contributed by atoms with Crippen LogP contribution in [0.2, 0.25) is 0 Å². The Morgan fingerprint density at radius 3 is 0.875 bits per heavy atom. The zero-order valence-electron chi connectivity index (χ0n) is 16.7. The van der Waals surface area contributed by atoms with Gasteiger partial charge in [0.2, 0.25) is 0 Å². The third-order valence-corrected chi connectivity index (χ3v) is 4.73. The first-order chi connectivity index (χ1) is 11.0. The Labute approximate surface area is 175 Å². The molecule has 2 aliphatic rings. The first kappa shape index (κ1) is 24.9. The van der Waals surface area contributed by atoms with E-state index in [4.69, 9.17) is 0 Å². The Kier molecular flexibility index (Phi) is 15.5. The second-order valence-corrected chi connectivity index (χ2v) is 7.19. The number of hydrogen-bond donors (Lipinski definition) is 0. The van der Waals surface area contributed by atoms with Crippen molar-refractivity contribution in [1.82, 2.24) is 24.5 Å². The average molecular weight is 416 g/mol. The number of rotatable bonds is 0. The van der Waals surface area contributed by atoms with Gasteiger partial charge in [-0.3, -0.25) is 0 Å². The second kappa shape index (κ2) is 15.0. The molecule has 0 aromatic carbocycles. The summed E-state index contributed by atoms with van der Waals surface area (Å²) in [5.74, 6) is 0. The van der Waals surface area contributed by atoms with Crippen LogP contribution in [0.25, 0.3) is 5.32 Å². The monoisotopic (exact) mass is 416 g/mol. The molecule has 2 aliphatic heterocycles. The third kappa shape index (κ3) is 13.1. The Hall–Kier alpha value is 0.864. The van der Waals surface area contributed by atoms with E-state index < -0.39 is 0 Å². The van der Waals surface area contributed by atoms with Gasteiger partial charge in [0.05, 0.1) is 0 Å². The van der Waals surface area contributed by atoms with Crippen molar-refractivity contribution in [2.75, 3.05) is 114 Å². The van der Waals surface area contributed by atoms with Crippen molar-refractivity contribution in [3.05, 3.63) is 5.32 Å². The molecule has 6 nitrogen and oxygen atoms in total. The molecule has 0 bridgehead atoms. The molecule has 7 heteroatoms. The Morgan fingerprint density at radius 2 is 0.625 bits per heavy atom. The van der Waals surface area contributed by atoms with Crippen LogP contribution in [0.4, 0.5) is 0 Å². The summed E-state index contributed by atoms with van der Waals surface area (Å²) in [5.41, 5.74) is 0. The predicted octanol–water partition coefficient (Wildman–Crippen LogP) is 0.0302. The minimum atomic E-state index is 0. The van der Waals surface area contributed by atoms with E-state index in [2.05, 4.69) is 65.1 Å². The molecule has 0 N–H and O–H groups in total. The van der Waals surface area contributed by atoms with Gasteiger partial charge in [0, 0.05) is 85.1 Å². The van der Waals surface area contributed by atoms with Gasteiger partial charge >= 0.3 is 0 Å². The van der Waals surface area contributed by atoms with Gasteiger partial charge in [0.25, 0.3) is 0 Å². The Morgan fingerprint density at radius 1 is 0.417 bits per heavy atom. The smallest absolute Gasteiger partial charge is 0.0107 e. The normalized spacial score (nSPS) is 24.9. The van der Waals surface area contributed by atoms with Crippen LogP contribution in [-0.2, 0) is 32.7 Å². The van der Waals surface area contributed by atoms with Crippen LogP contribution in [-0.4, -0.2) is 138 Å². The van der Waals surface area contributed by atoms with Crippen molar-refractivity contribution < 1.29 is 32.7 Å². The maximum atomic E-state index is 4.41. The van der Waals surface area contributed by atoms with Gasteiger partial charge in [-0.15, -0.1) is 13.1 Å². The summed E-state index contributed by atoms with van der Waals surface area (Å²) in [6.07, 6.45) is 0. The molecule has 2 saturated heterocycles. The Bertz CT molecular complexity index is 246. The zero-order chi connectivity index (χ0) is 17.1. The predicted molar refractivity (Wildman–Crippen MR) is 101 cm³/mol. The molecule has 0 saturated carbocycles. The topological polar surface area (TPSA) is 30.3 Å². The summed E-state index contributed by atoms with van der Waals surface area (Å²) < 4.78 is 0. The molecular formula is C17H39N6Y-. The van der Waals surface area contributed by atoms with Crippen LogP contribution in [0.3, 0.4) is 0 Å². The van der Waals surface area contributed by atoms with Crippen molar-refractivity contribution in [2.24, 2.45) is 0 Å². The van der Waals surface area contributed by atoms with Gasteiger partial charge in [-0.1, -0.05) is 0 Å². The van der Waals surface area contributed by atoms with Gasteiger partial charge in [-0.05, 0) is 48.3 Å². The fourth-order valence-electron chi connectivity index (χ4n) is 2.52. The van der Waals surface area contributed by atoms with Crippen molar-refractivity contribution >= 4 is 0 Å². The average Bonchev–Trinajstić information content (AvgIpc) is 2.66. The fraction of sp³-hybridized carbons (Fsp3) is 1.00. The van der Waals surface area contributed by atoms with Crippen LogP contribution in [0.5, 0.6) is 0 Å². The van der Waals surface area contributed by atoms with E-state index in [1.54, 1.807) is 0 Å². The number of nitrogens with zero attached hydrogens (tertiary/aromatic N) is 6. The third-order valence-electron chi connectivity index (χ3n) is 4.73. The van der Waals surface area contributed by atoms with Gasteiger partial charge in [-0.2, -0.15) is 0 Å². The zero-order valence-corrected chi connectivity index (χ0v) is 19.6. The maximum Gasteiger partial charge on any atom is 0.0107 e. The molecule has 0 atom stereocenters. The molecule has 0 spiro atoms. The molecule has 0 aromatic heterocycles. The molecule has 0 aliphatic carbocycles. The van der Waals surface area contributed by atoms with Crippen LogP contribution in [0.15, 0.2) is 0 Å². The van der Waals surface area contributed by atoms with E-state index in [1.165, 1.54) is 52.4 Å². The van der Waals surface area contributed by atoms with E-state index in [0.29, 0.717) is 0 Å². The fourth-order valence-corrected chi connectivity index (χ4v) is 2.52. The largest absolute Gasteiger partial charge is 0.660 e. The maximum absolute atomic E-state index is 4.41. The number of likely N-dealkylation sites (N-methyl/N-ethyl adjacent to an activating group) is 5. The van der Waals surface area contributed by atoms with E-state index in [0.717, 1.165) is 26.2 Å². The second-order valence-electron chi connectivity index (χ2n) is 7.19. The molecule has 0 unspecified atom stereocenters. The molecule has 2 fully saturated rings. The van der Waals surface area contributed by atoms with Crippen molar-refractivity contribution in [1.29, 1.82) is 0 Å². The molecular weight excluding hydrogens is 377 g/mol. The van der Waals surface area contributed by atoms with E-state index in [1.807, 2.05) is 0 Å². The summed E-state index contributed by atoms with van der Waals surface area (Å²) in [4.78, 5) is 11.9. The summed E-state index contributed by atoms with van der Waals surface area (Å²) in [6, 6.07) is 0. The van der Waals surface area contributed by atoms with Gasteiger partial charge < -0.3 is 29.8 Å². The first-order valence-electron chi connectivity index (χ1n) is 9.03. The van der Waals surface area contributed by atoms with Crippen LogP contribution in [0.1, 0.15) is 0 Å². The van der Waals surface area contributed by atoms with Crippen molar-refractivity contribution in [2.45, 2.75) is 0 Å². The minimum Gasteiger partial charge on any atom is -0.660 e. The van der Waals surface area contributed by atoms with E-state index >= 15 is 0 Å². The van der Waals surface area contributed by atoms with E-state index in [-0.39, 0.29) is 32.7 Å². The molecule has 141 valence electrons. The quantitative estimate of drug-likeness (QED) is 0.556. The van der Waals surface area contributed by atoms with Gasteiger partial charge in [-0.25, -0.2) is 0 Å². The molecule has 0 amide bonds. The summed E-state index contributed by atoms with van der Waals surface area (Å²) >= 11 is 0. The van der Waals surface area contributed by atoms with Gasteiger partial charge in [0.1, 0.15) is 0 Å². The van der Waals surface area contributed by atoms with E-state index in [9.17, 15) is 0 Å². The van der Waals surface area contributed by atoms with Gasteiger partial charge in [0.15, 0.2) is 0 Å². The number of hydrogen-bond acceptors (Lipinski definition) is 5. The minimum absolute atomic E-state index is 0. The summed E-state index contributed by atoms with van der Waals surface area (Å²) in [5, 5.41) is 4.41. The molecule has 2 rings (SSSR count). The standard InChI is InChI=1S/C9H21N3.C8H18N3.Y/c1-10-4-6-11(2)8-9-12(3)7-5-10;1-10-5-3-9-4-6-11(2)8-7-10;/h4-9H2,1-3H3;3-8H2,1-2H3;/q;-1;. The molecule has 2 heterocycles.